The van der Waals surface area contributed by atoms with Gasteiger partial charge in [-0.15, -0.1) is 0 Å². The highest BCUT2D eigenvalue weighted by Gasteiger charge is 2.72. The normalized spacial score (nSPS) is 22.4. The molecule has 14 heteroatoms. The first kappa shape index (κ1) is 44.6. The Kier molecular flexibility index (Phi) is 5.50. The Morgan fingerprint density at radius 1 is 0.370 bits per heavy atom. The second kappa shape index (κ2) is 11.4. The van der Waals surface area contributed by atoms with Gasteiger partial charge in [-0.1, -0.05) is 18.2 Å². The van der Waals surface area contributed by atoms with Gasteiger partial charge in [0.15, 0.2) is 22.1 Å². The van der Waals surface area contributed by atoms with E-state index in [4.69, 9.17) is 44.9 Å². The van der Waals surface area contributed by atoms with Crippen molar-refractivity contribution in [2.75, 3.05) is 0 Å². The zero-order valence-electron chi connectivity index (χ0n) is 49.9. The zero-order chi connectivity index (χ0) is 60.4. The summed E-state index contributed by atoms with van der Waals surface area (Å²) in [5, 5.41) is 41.4. The number of nitrogens with zero attached hydrogens (tertiary/aromatic N) is 1. The fourth-order valence-corrected chi connectivity index (χ4v) is 23.4. The third kappa shape index (κ3) is 3.28. The van der Waals surface area contributed by atoms with E-state index in [-0.39, 0.29) is 38.9 Å². The Morgan fingerprint density at radius 3 is 0.967 bits per heavy atom. The fourth-order valence-electron chi connectivity index (χ4n) is 23.4. The average Bonchev–Trinajstić information content (AvgIpc) is 1.40. The molecule has 29 rings (SSSR count). The van der Waals surface area contributed by atoms with Crippen LogP contribution in [0.3, 0.4) is 0 Å². The Balaban J connectivity index is 1.07. The maximum Gasteiger partial charge on any atom is 0.345 e. The number of nitrogens with one attached hydrogen (secondary N) is 1. The van der Waals surface area contributed by atoms with E-state index in [9.17, 15) is 0 Å². The number of cyclic esters (lactones) is 1. The number of fused-ring (bicyclic) bond motifs is 8. The molecule has 0 radical (unpaired) electrons. The number of para-hydroxylation sites is 1. The molecule has 4 aliphatic carbocycles. The van der Waals surface area contributed by atoms with E-state index in [1.54, 1.807) is 0 Å². The molecule has 24 aromatic rings. The Hall–Kier alpha value is -9.87. The van der Waals surface area contributed by atoms with E-state index in [0.717, 1.165) is 129 Å². The van der Waals surface area contributed by atoms with Gasteiger partial charge in [-0.25, -0.2) is 45.0 Å². The molecule has 428 valence electrons. The lowest BCUT2D eigenvalue weighted by Gasteiger charge is -2.44. The maximum atomic E-state index is 18.3. The summed E-state index contributed by atoms with van der Waals surface area (Å²) in [5.74, 6) is 5.03. The van der Waals surface area contributed by atoms with Gasteiger partial charge < -0.3 is 4.74 Å². The second-order valence-electron chi connectivity index (χ2n) is 31.7. The first-order valence-corrected chi connectivity index (χ1v) is 31.8. The minimum atomic E-state index is -2.42. The molecule has 24 aromatic carbocycles. The number of esters is 1. The van der Waals surface area contributed by atoms with Crippen molar-refractivity contribution in [2.24, 2.45) is 10.8 Å². The maximum absolute atomic E-state index is 18.3. The molecular weight excluding hydrogens is 1150 g/mol. The van der Waals surface area contributed by atoms with Crippen molar-refractivity contribution >= 4 is 260 Å². The Labute approximate surface area is 509 Å². The average molecular weight is 1190 g/mol. The van der Waals surface area contributed by atoms with Gasteiger partial charge in [0, 0.05) is 120 Å². The van der Waals surface area contributed by atoms with Gasteiger partial charge in [0.2, 0.25) is 11.5 Å². The van der Waals surface area contributed by atoms with Crippen molar-refractivity contribution in [3.05, 3.63) is 95.3 Å². The van der Waals surface area contributed by atoms with Crippen LogP contribution in [0.2, 0.25) is 0 Å². The number of carbonyl (C=O) groups excluding carboxylic acids is 2. The topological polar surface area (TPSA) is 183 Å². The van der Waals surface area contributed by atoms with Crippen molar-refractivity contribution in [1.82, 2.24) is 5.43 Å². The predicted octanol–water partition coefficient (Wildman–Crippen LogP) is 15.9. The highest BCUT2D eigenvalue weighted by Crippen LogP contribution is 2.80. The summed E-state index contributed by atoms with van der Waals surface area (Å²) in [6.45, 7) is 17.0. The van der Waals surface area contributed by atoms with Crippen LogP contribution in [0, 0.1) is 0 Å². The molecule has 1 aliphatic heterocycles. The molecule has 14 nitrogen and oxygen atoms in total. The van der Waals surface area contributed by atoms with Crippen LogP contribution in [0.15, 0.2) is 56.1 Å². The van der Waals surface area contributed by atoms with E-state index in [2.05, 4.69) is 5.43 Å². The van der Waals surface area contributed by atoms with E-state index in [1.165, 1.54) is 53.9 Å². The number of hydrogen-bond acceptors (Lipinski definition) is 13. The Morgan fingerprint density at radius 2 is 0.641 bits per heavy atom. The number of amides is 1. The molecule has 1 heterocycles. The fraction of sp³-hybridized carbons (Fsp3) is 0.192. The molecule has 3 atom stereocenters. The molecule has 0 spiro atoms. The van der Waals surface area contributed by atoms with Crippen molar-refractivity contribution in [3.8, 4) is 0 Å². The summed E-state index contributed by atoms with van der Waals surface area (Å²) in [5.41, 5.74) is -4.67. The van der Waals surface area contributed by atoms with E-state index < -0.39 is 56.3 Å². The minimum absolute atomic E-state index is 0.00188. The molecule has 1 amide bonds. The van der Waals surface area contributed by atoms with E-state index in [1.807, 2.05) is 92.6 Å². The molecule has 0 bridgehead atoms. The SMILES string of the molecule is CC(C)(C)OO[C@]1(C(=O)NN)c2c3c(=O)c4c5c6c7c8c9c%10c%11c(c%12c(=O)c%13c1c1c2c2c%14c3c4c3c6c4c6c7c%10c7c%10c%11c%11c%12c%13c%12c1c1c2c2c%14c3c4c3c(c67)c4c%10c%11c%12c1c4c23)[C@]9(OOC(C)(C)C)C1=C(C(=O)OC1=Nc1ccccc1)[C@@]85OOC(C)(C)C. The van der Waals surface area contributed by atoms with Crippen molar-refractivity contribution < 1.29 is 43.7 Å². The van der Waals surface area contributed by atoms with Crippen LogP contribution in [0.4, 0.5) is 5.69 Å². The van der Waals surface area contributed by atoms with Crippen LogP contribution in [0.5, 0.6) is 0 Å². The van der Waals surface area contributed by atoms with Gasteiger partial charge in [-0.3, -0.25) is 19.8 Å². The summed E-state index contributed by atoms with van der Waals surface area (Å²) in [7, 11) is 0. The summed E-state index contributed by atoms with van der Waals surface area (Å²) >= 11 is 0. The number of aliphatic imine (C=N–C) groups is 1. The number of rotatable bonds is 8. The van der Waals surface area contributed by atoms with Crippen LogP contribution in [-0.4, -0.2) is 34.6 Å². The van der Waals surface area contributed by atoms with Crippen molar-refractivity contribution in [2.45, 2.75) is 95.9 Å². The molecule has 92 heavy (non-hydrogen) atoms. The molecule has 3 N–H and O–H groups in total. The number of carbonyl (C=O) groups is 2. The van der Waals surface area contributed by atoms with Gasteiger partial charge in [-0.2, -0.15) is 0 Å². The van der Waals surface area contributed by atoms with Gasteiger partial charge >= 0.3 is 5.97 Å². The van der Waals surface area contributed by atoms with Crippen LogP contribution >= 0.6 is 0 Å². The van der Waals surface area contributed by atoms with Gasteiger partial charge in [0.25, 0.3) is 5.91 Å². The lowest BCUT2D eigenvalue weighted by Crippen LogP contribution is -2.50. The van der Waals surface area contributed by atoms with E-state index in [0.29, 0.717) is 71.0 Å². The highest BCUT2D eigenvalue weighted by atomic mass is 17.2. The summed E-state index contributed by atoms with van der Waals surface area (Å²) < 4.78 is 6.94. The summed E-state index contributed by atoms with van der Waals surface area (Å²) in [6, 6.07) is 9.36. The lowest BCUT2D eigenvalue weighted by molar-refractivity contribution is -0.399. The lowest BCUT2D eigenvalue weighted by atomic mass is 9.65. The van der Waals surface area contributed by atoms with Crippen molar-refractivity contribution in [1.29, 1.82) is 0 Å². The molecule has 0 saturated heterocycles. The third-order valence-electron chi connectivity index (χ3n) is 24.8. The van der Waals surface area contributed by atoms with Gasteiger partial charge in [0.05, 0.1) is 33.6 Å². The van der Waals surface area contributed by atoms with Gasteiger partial charge in [0.1, 0.15) is 0 Å². The smallest absolute Gasteiger partial charge is 0.345 e. The van der Waals surface area contributed by atoms with Gasteiger partial charge in [-0.05, 0) is 225 Å². The standard InChI is InChI=1S/C78H35N3O11/c1-73(2,3)87-90-76-60-52-42-32-23-18-16-17-19-20(18)29-34(32)44-45-35(29)33-24(19)28-26-22(17)31-30-21(16)25-27(23)38(42)46-48-36(25)40(30)50-51-41(31)37(26)49-47-39(28)43(33)53-55(45)65(64(76)54(44)52)77(91-88-74(4,5)6,67-66(76)70(86-71(67)84)80-15-13-11-10-12-14-15)61(53)57(47)69(83)59(49)63(51)78(72(85)81-79,92-89-75(7,8)9)62(50)58(48)68(82)56(46)60/h10-14H,79H2,1-9H3,(H,81,85)/t76-,77+,78+/m1/s1. The molecule has 5 aliphatic rings. The second-order valence-corrected chi connectivity index (χ2v) is 31.7. The molecule has 0 aromatic heterocycles. The number of hydrazine groups is 1. The number of hydrogen-bond donors (Lipinski definition) is 2. The first-order chi connectivity index (χ1) is 44.3. The highest BCUT2D eigenvalue weighted by molar-refractivity contribution is 6.78. The molecule has 0 saturated carbocycles. The van der Waals surface area contributed by atoms with Crippen LogP contribution in [0.1, 0.15) is 95.7 Å². The minimum Gasteiger partial charge on any atom is -0.403 e. The van der Waals surface area contributed by atoms with E-state index >= 15 is 19.2 Å². The predicted molar refractivity (Wildman–Crippen MR) is 357 cm³/mol. The van der Waals surface area contributed by atoms with Crippen LogP contribution in [0.25, 0.3) is 237 Å². The molecule has 0 unspecified atom stereocenters. The monoisotopic (exact) mass is 1190 g/mol. The third-order valence-corrected chi connectivity index (χ3v) is 24.8. The van der Waals surface area contributed by atoms with Crippen LogP contribution in [-0.2, 0) is 60.5 Å². The Bertz CT molecular complexity index is 7940. The number of benzene rings is 16. The zero-order valence-corrected chi connectivity index (χ0v) is 49.9. The quantitative estimate of drug-likeness (QED) is 0.0367. The largest absolute Gasteiger partial charge is 0.403 e. The molecular formula is C78H35N3O11. The molecule has 0 fully saturated rings. The summed E-state index contributed by atoms with van der Waals surface area (Å²) in [4.78, 5) is 119. The number of nitrogens with two attached hydrogens (primary N) is 1. The summed E-state index contributed by atoms with van der Waals surface area (Å²) in [6.07, 6.45) is 0. The first-order valence-electron chi connectivity index (χ1n) is 31.8. The van der Waals surface area contributed by atoms with Crippen molar-refractivity contribution in [3.63, 3.8) is 0 Å². The number of ether oxygens (including phenoxy) is 1. The van der Waals surface area contributed by atoms with Crippen LogP contribution < -0.4 is 22.1 Å².